The van der Waals surface area contributed by atoms with E-state index in [4.69, 9.17) is 9.84 Å². The van der Waals surface area contributed by atoms with Crippen LogP contribution in [0.25, 0.3) is 0 Å². The second-order valence-electron chi connectivity index (χ2n) is 4.48. The molecule has 20 heavy (non-hydrogen) atoms. The highest BCUT2D eigenvalue weighted by Gasteiger charge is 2.24. The number of aliphatic carboxylic acids is 1. The van der Waals surface area contributed by atoms with E-state index in [0.717, 1.165) is 11.3 Å². The van der Waals surface area contributed by atoms with Gasteiger partial charge in [0.25, 0.3) is 0 Å². The Bertz CT molecular complexity index is 455. The molecule has 0 heterocycles. The third-order valence-corrected chi connectivity index (χ3v) is 3.24. The Morgan fingerprint density at radius 2 is 1.85 bits per heavy atom. The number of benzene rings is 1. The van der Waals surface area contributed by atoms with Crippen LogP contribution in [0.4, 0.5) is 0 Å². The largest absolute Gasteiger partial charge is 0.497 e. The van der Waals surface area contributed by atoms with Gasteiger partial charge in [-0.3, -0.25) is 9.59 Å². The van der Waals surface area contributed by atoms with Gasteiger partial charge in [-0.25, -0.2) is 0 Å². The van der Waals surface area contributed by atoms with Gasteiger partial charge in [0, 0.05) is 6.54 Å². The van der Waals surface area contributed by atoms with Crippen molar-refractivity contribution in [3.8, 4) is 5.75 Å². The highest BCUT2D eigenvalue weighted by atomic mass is 16.5. The lowest BCUT2D eigenvalue weighted by atomic mass is 9.95. The number of hydrogen-bond acceptors (Lipinski definition) is 3. The Labute approximate surface area is 119 Å². The number of carbonyl (C=O) groups excluding carboxylic acids is 1. The molecular weight excluding hydrogens is 258 g/mol. The number of nitrogens with zero attached hydrogens (tertiary/aromatic N) is 1. The number of likely N-dealkylation sites (N-methyl/N-ethyl adjacent to an activating group) is 1. The molecule has 1 N–H and O–H groups in total. The number of carboxylic acid groups (broad SMARTS) is 1. The predicted octanol–water partition coefficient (Wildman–Crippen LogP) is 2.12. The molecule has 0 aliphatic carbocycles. The SMILES string of the molecule is CCC(C(=O)N(CC)CC(=O)O)c1ccc(OC)cc1. The van der Waals surface area contributed by atoms with Gasteiger partial charge in [-0.15, -0.1) is 0 Å². The molecule has 1 rings (SSSR count). The van der Waals surface area contributed by atoms with Crippen LogP contribution in [-0.4, -0.2) is 42.1 Å². The Balaban J connectivity index is 2.92. The van der Waals surface area contributed by atoms with Crippen LogP contribution < -0.4 is 4.74 Å². The van der Waals surface area contributed by atoms with Crippen LogP contribution in [0.1, 0.15) is 31.7 Å². The molecule has 1 unspecified atom stereocenters. The molecule has 0 fully saturated rings. The van der Waals surface area contributed by atoms with Crippen molar-refractivity contribution in [1.82, 2.24) is 4.90 Å². The zero-order chi connectivity index (χ0) is 15.1. The number of carbonyl (C=O) groups is 2. The van der Waals surface area contributed by atoms with E-state index in [2.05, 4.69) is 0 Å². The molecule has 1 atom stereocenters. The predicted molar refractivity (Wildman–Crippen MR) is 75.9 cm³/mol. The summed E-state index contributed by atoms with van der Waals surface area (Å²) in [6, 6.07) is 7.30. The molecule has 0 saturated heterocycles. The second-order valence-corrected chi connectivity index (χ2v) is 4.48. The normalized spacial score (nSPS) is 11.8. The van der Waals surface area contributed by atoms with E-state index < -0.39 is 5.97 Å². The summed E-state index contributed by atoms with van der Waals surface area (Å²) in [6.45, 7) is 3.82. The van der Waals surface area contributed by atoms with Crippen molar-refractivity contribution in [1.29, 1.82) is 0 Å². The molecule has 0 bridgehead atoms. The molecule has 1 amide bonds. The fraction of sp³-hybridized carbons (Fsp3) is 0.467. The monoisotopic (exact) mass is 279 g/mol. The Morgan fingerprint density at radius 1 is 1.25 bits per heavy atom. The number of rotatable bonds is 7. The van der Waals surface area contributed by atoms with E-state index >= 15 is 0 Å². The summed E-state index contributed by atoms with van der Waals surface area (Å²) in [6.07, 6.45) is 0.626. The van der Waals surface area contributed by atoms with Crippen LogP contribution in [0.3, 0.4) is 0 Å². The summed E-state index contributed by atoms with van der Waals surface area (Å²) in [5, 5.41) is 8.85. The van der Waals surface area contributed by atoms with E-state index in [0.29, 0.717) is 13.0 Å². The van der Waals surface area contributed by atoms with Crippen LogP contribution in [0.5, 0.6) is 5.75 Å². The molecule has 0 saturated carbocycles. The second kappa shape index (κ2) is 7.53. The quantitative estimate of drug-likeness (QED) is 0.830. The number of carboxylic acids is 1. The molecule has 0 spiro atoms. The van der Waals surface area contributed by atoms with E-state index in [-0.39, 0.29) is 18.4 Å². The first-order valence-electron chi connectivity index (χ1n) is 6.68. The minimum Gasteiger partial charge on any atom is -0.497 e. The van der Waals surface area contributed by atoms with E-state index in [9.17, 15) is 9.59 Å². The first kappa shape index (κ1) is 16.0. The van der Waals surface area contributed by atoms with Gasteiger partial charge in [0.2, 0.25) is 5.91 Å². The summed E-state index contributed by atoms with van der Waals surface area (Å²) >= 11 is 0. The van der Waals surface area contributed by atoms with E-state index in [1.807, 2.05) is 19.1 Å². The van der Waals surface area contributed by atoms with Crippen LogP contribution >= 0.6 is 0 Å². The zero-order valence-electron chi connectivity index (χ0n) is 12.1. The van der Waals surface area contributed by atoms with Gasteiger partial charge in [0.1, 0.15) is 12.3 Å². The van der Waals surface area contributed by atoms with Gasteiger partial charge in [-0.1, -0.05) is 19.1 Å². The van der Waals surface area contributed by atoms with Crippen molar-refractivity contribution in [3.63, 3.8) is 0 Å². The van der Waals surface area contributed by atoms with Crippen molar-refractivity contribution in [3.05, 3.63) is 29.8 Å². The van der Waals surface area contributed by atoms with Crippen molar-refractivity contribution in [2.45, 2.75) is 26.2 Å². The molecule has 5 nitrogen and oxygen atoms in total. The number of methoxy groups -OCH3 is 1. The average molecular weight is 279 g/mol. The molecule has 1 aromatic carbocycles. The van der Waals surface area contributed by atoms with E-state index in [1.54, 1.807) is 26.2 Å². The highest BCUT2D eigenvalue weighted by Crippen LogP contribution is 2.24. The number of amides is 1. The smallest absolute Gasteiger partial charge is 0.323 e. The molecule has 5 heteroatoms. The Morgan fingerprint density at radius 3 is 2.25 bits per heavy atom. The van der Waals surface area contributed by atoms with Crippen molar-refractivity contribution in [2.75, 3.05) is 20.2 Å². The third-order valence-electron chi connectivity index (χ3n) is 3.24. The van der Waals surface area contributed by atoms with Gasteiger partial charge in [-0.2, -0.15) is 0 Å². The fourth-order valence-corrected chi connectivity index (χ4v) is 2.12. The standard InChI is InChI=1S/C15H21NO4/c1-4-13(11-6-8-12(20-3)9-7-11)15(19)16(5-2)10-14(17)18/h6-9,13H,4-5,10H2,1-3H3,(H,17,18). The van der Waals surface area contributed by atoms with Gasteiger partial charge in [0.05, 0.1) is 13.0 Å². The van der Waals surface area contributed by atoms with Crippen molar-refractivity contribution < 1.29 is 19.4 Å². The fourth-order valence-electron chi connectivity index (χ4n) is 2.12. The number of hydrogen-bond donors (Lipinski definition) is 1. The topological polar surface area (TPSA) is 66.8 Å². The van der Waals surface area contributed by atoms with Gasteiger partial charge in [-0.05, 0) is 31.0 Å². The zero-order valence-corrected chi connectivity index (χ0v) is 12.1. The molecule has 0 aromatic heterocycles. The lowest BCUT2D eigenvalue weighted by Gasteiger charge is -2.24. The Hall–Kier alpha value is -2.04. The minimum absolute atomic E-state index is 0.150. The molecule has 1 aromatic rings. The maximum Gasteiger partial charge on any atom is 0.323 e. The first-order chi connectivity index (χ1) is 9.53. The van der Waals surface area contributed by atoms with Crippen LogP contribution in [0.15, 0.2) is 24.3 Å². The summed E-state index contributed by atoms with van der Waals surface area (Å²) < 4.78 is 5.09. The van der Waals surface area contributed by atoms with Crippen molar-refractivity contribution in [2.24, 2.45) is 0 Å². The molecule has 0 aliphatic heterocycles. The third kappa shape index (κ3) is 3.98. The lowest BCUT2D eigenvalue weighted by molar-refractivity contribution is -0.145. The first-order valence-corrected chi connectivity index (χ1v) is 6.68. The maximum absolute atomic E-state index is 12.4. The van der Waals surface area contributed by atoms with Gasteiger partial charge in [0.15, 0.2) is 0 Å². The highest BCUT2D eigenvalue weighted by molar-refractivity contribution is 5.86. The van der Waals surface area contributed by atoms with Crippen LogP contribution in [-0.2, 0) is 9.59 Å². The molecule has 0 radical (unpaired) electrons. The van der Waals surface area contributed by atoms with Gasteiger partial charge >= 0.3 is 5.97 Å². The lowest BCUT2D eigenvalue weighted by Crippen LogP contribution is -2.38. The summed E-state index contributed by atoms with van der Waals surface area (Å²) in [5.41, 5.74) is 0.877. The Kier molecular flexibility index (Phi) is 6.03. The average Bonchev–Trinajstić information content (AvgIpc) is 2.45. The summed E-state index contributed by atoms with van der Waals surface area (Å²) in [5.74, 6) is -0.735. The minimum atomic E-state index is -0.996. The molecular formula is C15H21NO4. The molecule has 0 aliphatic rings. The number of ether oxygens (including phenoxy) is 1. The summed E-state index contributed by atoms with van der Waals surface area (Å²) in [7, 11) is 1.59. The van der Waals surface area contributed by atoms with Crippen molar-refractivity contribution >= 4 is 11.9 Å². The summed E-state index contributed by atoms with van der Waals surface area (Å²) in [4.78, 5) is 24.6. The van der Waals surface area contributed by atoms with Crippen LogP contribution in [0, 0.1) is 0 Å². The van der Waals surface area contributed by atoms with Gasteiger partial charge < -0.3 is 14.7 Å². The van der Waals surface area contributed by atoms with E-state index in [1.165, 1.54) is 4.90 Å². The van der Waals surface area contributed by atoms with Crippen LogP contribution in [0.2, 0.25) is 0 Å². The molecule has 110 valence electrons. The maximum atomic E-state index is 12.4.